The molecule has 0 radical (unpaired) electrons. The summed E-state index contributed by atoms with van der Waals surface area (Å²) in [5, 5.41) is 20.1. The topological polar surface area (TPSA) is 121 Å². The summed E-state index contributed by atoms with van der Waals surface area (Å²) in [5.74, 6) is -2.29. The van der Waals surface area contributed by atoms with Crippen molar-refractivity contribution in [2.75, 3.05) is 63.4 Å². The number of rotatable bonds is 7. The van der Waals surface area contributed by atoms with Crippen LogP contribution in [0, 0.1) is 5.82 Å². The molecule has 11 heteroatoms. The molecule has 0 spiro atoms. The lowest BCUT2D eigenvalue weighted by molar-refractivity contribution is 0.0691. The van der Waals surface area contributed by atoms with E-state index in [1.807, 2.05) is 9.80 Å². The number of pyridine rings is 1. The number of aromatic nitrogens is 3. The molecule has 0 aliphatic carbocycles. The fourth-order valence-corrected chi connectivity index (χ4v) is 3.63. The highest BCUT2D eigenvalue weighted by Gasteiger charge is 2.24. The lowest BCUT2D eigenvalue weighted by atomic mass is 10.1. The Kier molecular flexibility index (Phi) is 6.52. The number of aromatic hydroxyl groups is 1. The number of phenolic OH excluding ortho intramolecular Hbond substituents is 1. The third kappa shape index (κ3) is 4.50. The van der Waals surface area contributed by atoms with E-state index in [1.54, 1.807) is 14.2 Å². The Labute approximate surface area is 189 Å². The van der Waals surface area contributed by atoms with Crippen molar-refractivity contribution in [3.05, 3.63) is 35.8 Å². The molecule has 1 aliphatic heterocycles. The molecule has 0 bridgehead atoms. The van der Waals surface area contributed by atoms with Crippen molar-refractivity contribution in [1.29, 1.82) is 0 Å². The molecule has 1 aromatic carbocycles. The van der Waals surface area contributed by atoms with Crippen LogP contribution in [-0.4, -0.2) is 84.7 Å². The quantitative estimate of drug-likeness (QED) is 0.546. The first-order chi connectivity index (χ1) is 15.9. The zero-order chi connectivity index (χ0) is 23.5. The van der Waals surface area contributed by atoms with Gasteiger partial charge in [-0.2, -0.15) is 0 Å². The average molecular weight is 457 g/mol. The molecule has 2 aromatic heterocycles. The number of likely N-dealkylation sites (N-methyl/N-ethyl adjacent to an activating group) is 1. The second-order valence-electron chi connectivity index (χ2n) is 7.55. The van der Waals surface area contributed by atoms with Crippen molar-refractivity contribution in [2.45, 2.75) is 0 Å². The molecular weight excluding hydrogens is 433 g/mol. The Morgan fingerprint density at radius 2 is 2.00 bits per heavy atom. The standard InChI is InChI=1S/C22H24FN5O5/c1-27(6-9-32-2)16-12-15(21(30)31)24-19-17(13-4-3-5-14(23)20(13)29)25-22(26-18(16)19)28-7-10-33-11-8-28/h3-5,12,29H,6-11H2,1-2H3,(H,30,31). The second kappa shape index (κ2) is 9.51. The van der Waals surface area contributed by atoms with E-state index in [0.29, 0.717) is 56.6 Å². The zero-order valence-corrected chi connectivity index (χ0v) is 18.3. The molecule has 1 fully saturated rings. The molecule has 4 rings (SSSR count). The van der Waals surface area contributed by atoms with Gasteiger partial charge in [-0.05, 0) is 18.2 Å². The molecule has 1 saturated heterocycles. The van der Waals surface area contributed by atoms with Crippen molar-refractivity contribution < 1.29 is 28.9 Å². The van der Waals surface area contributed by atoms with Gasteiger partial charge in [0.05, 0.1) is 25.5 Å². The number of para-hydroxylation sites is 1. The number of hydrogen-bond acceptors (Lipinski definition) is 9. The monoisotopic (exact) mass is 457 g/mol. The summed E-state index contributed by atoms with van der Waals surface area (Å²) in [6.07, 6.45) is 0. The lowest BCUT2D eigenvalue weighted by Gasteiger charge is -2.28. The van der Waals surface area contributed by atoms with E-state index in [4.69, 9.17) is 14.5 Å². The second-order valence-corrected chi connectivity index (χ2v) is 7.55. The van der Waals surface area contributed by atoms with Gasteiger partial charge < -0.3 is 29.5 Å². The normalized spacial score (nSPS) is 14.0. The fraction of sp³-hybridized carbons (Fsp3) is 0.364. The summed E-state index contributed by atoms with van der Waals surface area (Å²) in [4.78, 5) is 29.2. The summed E-state index contributed by atoms with van der Waals surface area (Å²) < 4.78 is 24.8. The number of aromatic carboxylic acids is 1. The summed E-state index contributed by atoms with van der Waals surface area (Å²) in [7, 11) is 3.36. The molecule has 0 atom stereocenters. The maximum Gasteiger partial charge on any atom is 0.354 e. The van der Waals surface area contributed by atoms with Gasteiger partial charge in [0.2, 0.25) is 5.95 Å². The van der Waals surface area contributed by atoms with Crippen LogP contribution in [-0.2, 0) is 9.47 Å². The van der Waals surface area contributed by atoms with Crippen molar-refractivity contribution >= 4 is 28.6 Å². The van der Waals surface area contributed by atoms with E-state index in [0.717, 1.165) is 6.07 Å². The smallest absolute Gasteiger partial charge is 0.354 e. The largest absolute Gasteiger partial charge is 0.504 e. The van der Waals surface area contributed by atoms with Crippen LogP contribution in [0.15, 0.2) is 24.3 Å². The third-order valence-electron chi connectivity index (χ3n) is 5.42. The van der Waals surface area contributed by atoms with Gasteiger partial charge in [-0.15, -0.1) is 0 Å². The number of fused-ring (bicyclic) bond motifs is 1. The van der Waals surface area contributed by atoms with Gasteiger partial charge in [-0.3, -0.25) is 0 Å². The Morgan fingerprint density at radius 3 is 2.70 bits per heavy atom. The van der Waals surface area contributed by atoms with E-state index in [-0.39, 0.29) is 22.5 Å². The average Bonchev–Trinajstić information content (AvgIpc) is 2.83. The van der Waals surface area contributed by atoms with Crippen LogP contribution in [0.3, 0.4) is 0 Å². The molecule has 33 heavy (non-hydrogen) atoms. The molecule has 0 unspecified atom stereocenters. The third-order valence-corrected chi connectivity index (χ3v) is 5.42. The summed E-state index contributed by atoms with van der Waals surface area (Å²) in [5.41, 5.74) is 1.05. The number of carboxylic acid groups (broad SMARTS) is 1. The van der Waals surface area contributed by atoms with Crippen LogP contribution in [0.5, 0.6) is 5.75 Å². The number of ether oxygens (including phenoxy) is 2. The number of methoxy groups -OCH3 is 1. The Balaban J connectivity index is 2.03. The number of morpholine rings is 1. The number of halogens is 1. The van der Waals surface area contributed by atoms with Crippen LogP contribution >= 0.6 is 0 Å². The van der Waals surface area contributed by atoms with E-state index in [9.17, 15) is 19.4 Å². The van der Waals surface area contributed by atoms with Crippen LogP contribution in [0.4, 0.5) is 16.0 Å². The Bertz CT molecular complexity index is 1190. The van der Waals surface area contributed by atoms with Gasteiger partial charge in [0.25, 0.3) is 0 Å². The number of carboxylic acids is 1. The van der Waals surface area contributed by atoms with Crippen LogP contribution in [0.25, 0.3) is 22.3 Å². The SMILES string of the molecule is COCCN(C)c1cc(C(=O)O)nc2c(-c3cccc(F)c3O)nc(N3CCOCC3)nc12. The number of carbonyl (C=O) groups is 1. The van der Waals surface area contributed by atoms with E-state index >= 15 is 0 Å². The zero-order valence-electron chi connectivity index (χ0n) is 18.3. The van der Waals surface area contributed by atoms with Crippen molar-refractivity contribution in [2.24, 2.45) is 0 Å². The van der Waals surface area contributed by atoms with Crippen molar-refractivity contribution in [3.63, 3.8) is 0 Å². The molecule has 10 nitrogen and oxygen atoms in total. The van der Waals surface area contributed by atoms with E-state index < -0.39 is 17.5 Å². The van der Waals surface area contributed by atoms with Gasteiger partial charge in [0, 0.05) is 39.4 Å². The maximum atomic E-state index is 14.2. The van der Waals surface area contributed by atoms with Crippen LogP contribution in [0.2, 0.25) is 0 Å². The molecule has 174 valence electrons. The molecule has 1 aliphatic rings. The summed E-state index contributed by atoms with van der Waals surface area (Å²) >= 11 is 0. The van der Waals surface area contributed by atoms with Gasteiger partial charge in [-0.1, -0.05) is 6.07 Å². The van der Waals surface area contributed by atoms with Gasteiger partial charge >= 0.3 is 5.97 Å². The molecule has 2 N–H and O–H groups in total. The van der Waals surface area contributed by atoms with Gasteiger partial charge in [-0.25, -0.2) is 24.1 Å². The first-order valence-corrected chi connectivity index (χ1v) is 10.4. The van der Waals surface area contributed by atoms with Crippen molar-refractivity contribution in [1.82, 2.24) is 15.0 Å². The molecule has 0 saturated carbocycles. The highest BCUT2D eigenvalue weighted by molar-refractivity contribution is 6.01. The maximum absolute atomic E-state index is 14.2. The highest BCUT2D eigenvalue weighted by Crippen LogP contribution is 2.37. The number of anilines is 2. The number of benzene rings is 1. The minimum absolute atomic E-state index is 0.0949. The lowest BCUT2D eigenvalue weighted by Crippen LogP contribution is -2.37. The highest BCUT2D eigenvalue weighted by atomic mass is 19.1. The van der Waals surface area contributed by atoms with Gasteiger partial charge in [0.1, 0.15) is 16.7 Å². The molecule has 0 amide bonds. The number of hydrogen-bond donors (Lipinski definition) is 2. The predicted molar refractivity (Wildman–Crippen MR) is 120 cm³/mol. The predicted octanol–water partition coefficient (Wildman–Crippen LogP) is 2.15. The minimum Gasteiger partial charge on any atom is -0.504 e. The first-order valence-electron chi connectivity index (χ1n) is 10.4. The minimum atomic E-state index is -1.23. The fourth-order valence-electron chi connectivity index (χ4n) is 3.63. The van der Waals surface area contributed by atoms with Crippen LogP contribution < -0.4 is 9.80 Å². The summed E-state index contributed by atoms with van der Waals surface area (Å²) in [6.45, 7) is 2.97. The molecule has 3 aromatic rings. The van der Waals surface area contributed by atoms with E-state index in [2.05, 4.69) is 9.97 Å². The number of phenols is 1. The van der Waals surface area contributed by atoms with Crippen molar-refractivity contribution in [3.8, 4) is 17.0 Å². The number of nitrogens with zero attached hydrogens (tertiary/aromatic N) is 5. The first kappa shape index (κ1) is 22.6. The van der Waals surface area contributed by atoms with Gasteiger partial charge in [0.15, 0.2) is 17.3 Å². The van der Waals surface area contributed by atoms with E-state index in [1.165, 1.54) is 18.2 Å². The Morgan fingerprint density at radius 1 is 1.24 bits per heavy atom. The Hall–Kier alpha value is -3.57. The molecule has 3 heterocycles. The summed E-state index contributed by atoms with van der Waals surface area (Å²) in [6, 6.07) is 5.52. The van der Waals surface area contributed by atoms with Crippen LogP contribution in [0.1, 0.15) is 10.5 Å². The molecular formula is C22H24FN5O5.